The zero-order valence-electron chi connectivity index (χ0n) is 13.0. The summed E-state index contributed by atoms with van der Waals surface area (Å²) in [7, 11) is 2.97. The number of ether oxygens (including phenoxy) is 2. The molecular formula is C15H24N2O4. The normalized spacial score (nSPS) is 11.1. The number of aliphatic hydroxyl groups is 1. The molecule has 0 heterocycles. The lowest BCUT2D eigenvalue weighted by molar-refractivity contribution is 0.0314. The molecule has 0 bridgehead atoms. The van der Waals surface area contributed by atoms with Crippen molar-refractivity contribution in [1.82, 2.24) is 5.32 Å². The van der Waals surface area contributed by atoms with Gasteiger partial charge in [0.15, 0.2) is 0 Å². The monoisotopic (exact) mass is 296 g/mol. The van der Waals surface area contributed by atoms with Crippen LogP contribution in [0, 0.1) is 0 Å². The van der Waals surface area contributed by atoms with Gasteiger partial charge in [-0.05, 0) is 18.9 Å². The van der Waals surface area contributed by atoms with E-state index in [4.69, 9.17) is 15.2 Å². The Morgan fingerprint density at radius 3 is 2.38 bits per heavy atom. The van der Waals surface area contributed by atoms with E-state index in [1.807, 2.05) is 13.8 Å². The van der Waals surface area contributed by atoms with Crippen LogP contribution in [0.3, 0.4) is 0 Å². The predicted molar refractivity (Wildman–Crippen MR) is 81.8 cm³/mol. The quantitative estimate of drug-likeness (QED) is 0.664. The zero-order chi connectivity index (χ0) is 16.0. The van der Waals surface area contributed by atoms with E-state index in [0.717, 1.165) is 0 Å². The van der Waals surface area contributed by atoms with Crippen LogP contribution in [0.5, 0.6) is 11.5 Å². The van der Waals surface area contributed by atoms with Crippen molar-refractivity contribution in [3.05, 3.63) is 17.7 Å². The molecule has 118 valence electrons. The Bertz CT molecular complexity index is 499. The molecule has 0 spiro atoms. The van der Waals surface area contributed by atoms with Crippen molar-refractivity contribution in [2.45, 2.75) is 32.3 Å². The van der Waals surface area contributed by atoms with Gasteiger partial charge >= 0.3 is 0 Å². The van der Waals surface area contributed by atoms with Crippen LogP contribution in [0.2, 0.25) is 0 Å². The lowest BCUT2D eigenvalue weighted by atomic mass is 9.97. The highest BCUT2D eigenvalue weighted by molar-refractivity contribution is 6.01. The van der Waals surface area contributed by atoms with Gasteiger partial charge in [0.25, 0.3) is 5.91 Å². The maximum absolute atomic E-state index is 12.3. The SMILES string of the molecule is CCC(O)(CC)CNC(=O)c1cc(OC)cc(OC)c1N. The number of methoxy groups -OCH3 is 2. The Balaban J connectivity index is 2.97. The minimum absolute atomic E-state index is 0.164. The van der Waals surface area contributed by atoms with E-state index >= 15 is 0 Å². The molecule has 1 aromatic carbocycles. The van der Waals surface area contributed by atoms with Crippen molar-refractivity contribution in [3.63, 3.8) is 0 Å². The van der Waals surface area contributed by atoms with Crippen LogP contribution >= 0.6 is 0 Å². The maximum atomic E-state index is 12.3. The summed E-state index contributed by atoms with van der Waals surface area (Å²) >= 11 is 0. The van der Waals surface area contributed by atoms with E-state index in [1.165, 1.54) is 14.2 Å². The van der Waals surface area contributed by atoms with Crippen LogP contribution in [0.1, 0.15) is 37.0 Å². The van der Waals surface area contributed by atoms with Gasteiger partial charge in [0.1, 0.15) is 11.5 Å². The second kappa shape index (κ2) is 7.17. The number of hydrogen-bond acceptors (Lipinski definition) is 5. The lowest BCUT2D eigenvalue weighted by Crippen LogP contribution is -2.42. The smallest absolute Gasteiger partial charge is 0.253 e. The molecule has 0 saturated carbocycles. The van der Waals surface area contributed by atoms with E-state index in [2.05, 4.69) is 5.32 Å². The van der Waals surface area contributed by atoms with Gasteiger partial charge < -0.3 is 25.6 Å². The number of hydrogen-bond donors (Lipinski definition) is 3. The van der Waals surface area contributed by atoms with Gasteiger partial charge in [-0.3, -0.25) is 4.79 Å². The average molecular weight is 296 g/mol. The second-order valence-electron chi connectivity index (χ2n) is 4.91. The van der Waals surface area contributed by atoms with Crippen LogP contribution in [0.4, 0.5) is 5.69 Å². The second-order valence-corrected chi connectivity index (χ2v) is 4.91. The molecule has 1 amide bonds. The molecule has 21 heavy (non-hydrogen) atoms. The molecule has 1 aromatic rings. The molecular weight excluding hydrogens is 272 g/mol. The maximum Gasteiger partial charge on any atom is 0.253 e. The first-order valence-electron chi connectivity index (χ1n) is 6.92. The number of carbonyl (C=O) groups excluding carboxylic acids is 1. The highest BCUT2D eigenvalue weighted by Gasteiger charge is 2.24. The van der Waals surface area contributed by atoms with Crippen LogP contribution < -0.4 is 20.5 Å². The topological polar surface area (TPSA) is 93.8 Å². The third-order valence-electron chi connectivity index (χ3n) is 3.71. The number of amides is 1. The Kier molecular flexibility index (Phi) is 5.84. The number of anilines is 1. The van der Waals surface area contributed by atoms with Crippen molar-refractivity contribution in [1.29, 1.82) is 0 Å². The summed E-state index contributed by atoms with van der Waals surface area (Å²) < 4.78 is 10.3. The summed E-state index contributed by atoms with van der Waals surface area (Å²) in [6.07, 6.45) is 1.11. The minimum atomic E-state index is -0.909. The number of nitrogens with two attached hydrogens (primary N) is 1. The molecule has 0 saturated heterocycles. The van der Waals surface area contributed by atoms with E-state index in [1.54, 1.807) is 12.1 Å². The Hall–Kier alpha value is -1.95. The zero-order valence-corrected chi connectivity index (χ0v) is 13.0. The van der Waals surface area contributed by atoms with Crippen LogP contribution in [-0.4, -0.2) is 37.4 Å². The van der Waals surface area contributed by atoms with Gasteiger partial charge in [-0.1, -0.05) is 13.8 Å². The highest BCUT2D eigenvalue weighted by atomic mass is 16.5. The number of rotatable bonds is 7. The summed E-state index contributed by atoms with van der Waals surface area (Å²) in [5.41, 5.74) is 5.52. The van der Waals surface area contributed by atoms with Crippen molar-refractivity contribution >= 4 is 11.6 Å². The number of nitrogen functional groups attached to an aromatic ring is 1. The fourth-order valence-corrected chi connectivity index (χ4v) is 1.92. The summed E-state index contributed by atoms with van der Waals surface area (Å²) in [5, 5.41) is 12.9. The van der Waals surface area contributed by atoms with Crippen molar-refractivity contribution in [3.8, 4) is 11.5 Å². The van der Waals surface area contributed by atoms with E-state index in [0.29, 0.717) is 24.3 Å². The van der Waals surface area contributed by atoms with Crippen LogP contribution in [0.15, 0.2) is 12.1 Å². The molecule has 0 aliphatic carbocycles. The molecule has 0 atom stereocenters. The van der Waals surface area contributed by atoms with Gasteiger partial charge in [-0.25, -0.2) is 0 Å². The molecule has 4 N–H and O–H groups in total. The molecule has 6 heteroatoms. The first-order chi connectivity index (χ1) is 9.90. The van der Waals surface area contributed by atoms with Crippen LogP contribution in [-0.2, 0) is 0 Å². The van der Waals surface area contributed by atoms with E-state index < -0.39 is 5.60 Å². The number of nitrogens with one attached hydrogen (secondary N) is 1. The molecule has 6 nitrogen and oxygen atoms in total. The summed E-state index contributed by atoms with van der Waals surface area (Å²) in [5.74, 6) is 0.484. The fourth-order valence-electron chi connectivity index (χ4n) is 1.92. The lowest BCUT2D eigenvalue weighted by Gasteiger charge is -2.25. The summed E-state index contributed by atoms with van der Waals surface area (Å²) in [6, 6.07) is 3.16. The Morgan fingerprint density at radius 2 is 1.90 bits per heavy atom. The van der Waals surface area contributed by atoms with Crippen molar-refractivity contribution < 1.29 is 19.4 Å². The van der Waals surface area contributed by atoms with Crippen molar-refractivity contribution in [2.75, 3.05) is 26.5 Å². The minimum Gasteiger partial charge on any atom is -0.497 e. The van der Waals surface area contributed by atoms with E-state index in [-0.39, 0.29) is 23.7 Å². The number of benzene rings is 1. The van der Waals surface area contributed by atoms with E-state index in [9.17, 15) is 9.90 Å². The van der Waals surface area contributed by atoms with Crippen molar-refractivity contribution in [2.24, 2.45) is 0 Å². The van der Waals surface area contributed by atoms with Gasteiger partial charge in [0.2, 0.25) is 0 Å². The molecule has 0 fully saturated rings. The fraction of sp³-hybridized carbons (Fsp3) is 0.533. The Labute approximate surface area is 125 Å². The summed E-state index contributed by atoms with van der Waals surface area (Å²) in [6.45, 7) is 3.91. The molecule has 0 aliphatic rings. The standard InChI is InChI=1S/C15H24N2O4/c1-5-15(19,6-2)9-17-14(18)11-7-10(20-3)8-12(21-4)13(11)16/h7-8,19H,5-6,9,16H2,1-4H3,(H,17,18). The van der Waals surface area contributed by atoms with Crippen LogP contribution in [0.25, 0.3) is 0 Å². The average Bonchev–Trinajstić information content (AvgIpc) is 2.52. The largest absolute Gasteiger partial charge is 0.497 e. The predicted octanol–water partition coefficient (Wildman–Crippen LogP) is 1.57. The van der Waals surface area contributed by atoms with Gasteiger partial charge in [0, 0.05) is 12.6 Å². The molecule has 0 aliphatic heterocycles. The number of carbonyl (C=O) groups is 1. The molecule has 0 aromatic heterocycles. The molecule has 1 rings (SSSR count). The highest BCUT2D eigenvalue weighted by Crippen LogP contribution is 2.31. The van der Waals surface area contributed by atoms with Gasteiger partial charge in [-0.2, -0.15) is 0 Å². The first-order valence-corrected chi connectivity index (χ1v) is 6.92. The third-order valence-corrected chi connectivity index (χ3v) is 3.71. The Morgan fingerprint density at radius 1 is 1.29 bits per heavy atom. The molecule has 0 radical (unpaired) electrons. The van der Waals surface area contributed by atoms with Gasteiger partial charge in [0.05, 0.1) is 31.1 Å². The first kappa shape index (κ1) is 17.1. The third kappa shape index (κ3) is 4.01. The molecule has 0 unspecified atom stereocenters. The summed E-state index contributed by atoms with van der Waals surface area (Å²) in [4.78, 5) is 12.3. The van der Waals surface area contributed by atoms with Gasteiger partial charge in [-0.15, -0.1) is 0 Å².